The number of carbonyl (C=O) groups is 1. The molecule has 4 nitrogen and oxygen atoms in total. The molecule has 0 fully saturated rings. The summed E-state index contributed by atoms with van der Waals surface area (Å²) in [7, 11) is 0. The summed E-state index contributed by atoms with van der Waals surface area (Å²) in [5, 5.41) is 24.0. The molecule has 2 aliphatic heterocycles. The zero-order valence-corrected chi connectivity index (χ0v) is 61.8. The van der Waals surface area contributed by atoms with Gasteiger partial charge in [-0.25, -0.2) is 0 Å². The van der Waals surface area contributed by atoms with Crippen molar-refractivity contribution in [1.82, 2.24) is 9.97 Å². The van der Waals surface area contributed by atoms with Gasteiger partial charge >= 0.3 is 0 Å². The smallest absolute Gasteiger partial charge is 0.165 e. The standard InChI is InChI=1S/C34H34NS.C33H32NS.C17H32O2.Ir/c1-20-11-12-23-22(15-20)16-27-31-30-25(13-14-35-31)24-10-8-9-21(18-33(2,3)4)26(24)17-29(30)36-32(27)28(23)19-34(5,6)7;1-32(2,3)18-21-11-9-13-23-24-14-15-34-30-26-16-20-10-7-8-12-22(20)27(19-33(4,5)6)31(26)35-28(29(24)30)17-25(21)23;1-7-16(8-2,9-3)14(18)13-15(19)17(10-4,11-5)12-6;/h8-15,17H,18-19H2,1-7H3;7-15,17H,18-19H2,1-6H3;13,18H,7-12H2,1-6H3;/q2*-1;;/b;;14-13-;/i13D,14D;15D;;. The van der Waals surface area contributed by atoms with Crippen LogP contribution >= 0.6 is 23.5 Å². The van der Waals surface area contributed by atoms with Crippen LogP contribution < -0.4 is 0 Å². The van der Waals surface area contributed by atoms with Gasteiger partial charge in [0.05, 0.1) is 4.11 Å². The number of aliphatic hydroxyl groups excluding tert-OH is 1. The second kappa shape index (κ2) is 26.9. The first-order chi connectivity index (χ1) is 43.7. The second-order valence-corrected chi connectivity index (χ2v) is 32.8. The van der Waals surface area contributed by atoms with Crippen molar-refractivity contribution in [3.63, 3.8) is 0 Å². The van der Waals surface area contributed by atoms with E-state index in [0.717, 1.165) is 129 Å². The van der Waals surface area contributed by atoms with Crippen molar-refractivity contribution >= 4 is 93.9 Å². The number of aromatic nitrogens is 2. The maximum absolute atomic E-state index is 12.5. The molecule has 0 aliphatic carbocycles. The molecule has 8 aromatic carbocycles. The molecule has 0 spiro atoms. The SMILES string of the molecule is CCC(CC)(CC)C(=O)/C=C(\O)C(CC)(CC)CC.[2H]c1cc2c3c(cc4c(CC(C)(C)C)cccc42)Sc2c([c-]c4ccccc4c2CC(C)(C)C)-c3n1.[2H]c1nc2c3c(cc4c(CC(C)(C)C)cccc4c3c1[2H])Sc1c-2[c-]c2cc(C)ccc2c1CC(C)(C)C.[Ir]. The van der Waals surface area contributed by atoms with E-state index in [1.54, 1.807) is 11.8 Å². The summed E-state index contributed by atoms with van der Waals surface area (Å²) in [6.45, 7) is 42.0. The molecular weight excluding hydrogens is 1330 g/mol. The van der Waals surface area contributed by atoms with Gasteiger partial charge in [-0.05, 0) is 181 Å². The van der Waals surface area contributed by atoms with Crippen LogP contribution in [0.1, 0.15) is 195 Å². The summed E-state index contributed by atoms with van der Waals surface area (Å²) in [4.78, 5) is 26.9. The van der Waals surface area contributed by atoms with E-state index >= 15 is 0 Å². The maximum Gasteiger partial charge on any atom is 0.165 e. The number of hydrogen-bond acceptors (Lipinski definition) is 6. The molecule has 479 valence electrons. The van der Waals surface area contributed by atoms with Crippen LogP contribution in [-0.2, 0) is 50.6 Å². The van der Waals surface area contributed by atoms with E-state index in [1.165, 1.54) is 75.5 Å². The Kier molecular flexibility index (Phi) is 19.3. The van der Waals surface area contributed by atoms with Crippen molar-refractivity contribution in [2.24, 2.45) is 32.5 Å². The number of allylic oxidation sites excluding steroid dienone is 2. The third-order valence-electron chi connectivity index (χ3n) is 19.1. The average molecular weight is 1430 g/mol. The number of fused-ring (bicyclic) bond motifs is 10. The van der Waals surface area contributed by atoms with Gasteiger partial charge in [0.25, 0.3) is 0 Å². The minimum absolute atomic E-state index is 0. The first kappa shape index (κ1) is 65.3. The van der Waals surface area contributed by atoms with Gasteiger partial charge in [-0.2, -0.15) is 0 Å². The first-order valence-corrected chi connectivity index (χ1v) is 34.8. The number of carbonyl (C=O) groups excluding carboxylic acids is 1. The van der Waals surface area contributed by atoms with Crippen LogP contribution in [0.15, 0.2) is 147 Å². The Balaban J connectivity index is 0.000000175. The molecule has 4 heterocycles. The van der Waals surface area contributed by atoms with Gasteiger partial charge in [0.15, 0.2) is 5.78 Å². The molecule has 7 heteroatoms. The first-order valence-electron chi connectivity index (χ1n) is 34.7. The number of hydrogen-bond donors (Lipinski definition) is 1. The molecule has 12 rings (SSSR count). The van der Waals surface area contributed by atoms with Crippen LogP contribution in [0.25, 0.3) is 87.1 Å². The molecular formula is C84H98IrN2O2S2-2. The van der Waals surface area contributed by atoms with Crippen molar-refractivity contribution in [2.45, 2.75) is 215 Å². The van der Waals surface area contributed by atoms with E-state index in [9.17, 15) is 9.90 Å². The molecule has 0 unspecified atom stereocenters. The quantitative estimate of drug-likeness (QED) is 0.0537. The topological polar surface area (TPSA) is 63.1 Å². The molecule has 0 saturated carbocycles. The van der Waals surface area contributed by atoms with Gasteiger partial charge in [0, 0.05) is 70.5 Å². The number of ketones is 1. The minimum atomic E-state index is -0.297. The van der Waals surface area contributed by atoms with Crippen LogP contribution in [0.2, 0.25) is 0 Å². The van der Waals surface area contributed by atoms with E-state index in [4.69, 9.17) is 14.1 Å². The van der Waals surface area contributed by atoms with E-state index in [2.05, 4.69) is 235 Å². The molecule has 0 amide bonds. The van der Waals surface area contributed by atoms with Gasteiger partial charge in [-0.1, -0.05) is 230 Å². The maximum atomic E-state index is 12.5. The summed E-state index contributed by atoms with van der Waals surface area (Å²) in [5.41, 5.74) is 10.4. The van der Waals surface area contributed by atoms with Crippen LogP contribution in [0.4, 0.5) is 0 Å². The number of aliphatic hydroxyl groups is 1. The fourth-order valence-corrected chi connectivity index (χ4v) is 16.6. The van der Waals surface area contributed by atoms with Gasteiger partial charge < -0.3 is 5.11 Å². The van der Waals surface area contributed by atoms with Crippen molar-refractivity contribution in [3.05, 3.63) is 167 Å². The molecule has 10 aromatic rings. The number of nitrogens with zero attached hydrogens (tertiary/aromatic N) is 2. The predicted molar refractivity (Wildman–Crippen MR) is 390 cm³/mol. The van der Waals surface area contributed by atoms with Crippen LogP contribution in [0.5, 0.6) is 0 Å². The summed E-state index contributed by atoms with van der Waals surface area (Å²) >= 11 is 3.67. The third kappa shape index (κ3) is 14.2. The van der Waals surface area contributed by atoms with E-state index in [1.807, 2.05) is 17.8 Å². The van der Waals surface area contributed by atoms with Crippen molar-refractivity contribution in [1.29, 1.82) is 0 Å². The van der Waals surface area contributed by atoms with Crippen molar-refractivity contribution in [2.75, 3.05) is 0 Å². The molecule has 1 radical (unpaired) electrons. The summed E-state index contributed by atoms with van der Waals surface area (Å²) in [6, 6.07) is 42.6. The number of pyridine rings is 2. The van der Waals surface area contributed by atoms with Crippen LogP contribution in [-0.4, -0.2) is 20.9 Å². The number of rotatable bonds is 13. The summed E-state index contributed by atoms with van der Waals surface area (Å²) in [6.07, 6.45) is 10.8. The summed E-state index contributed by atoms with van der Waals surface area (Å²) in [5.74, 6) is 0.377. The zero-order chi connectivity index (χ0) is 67.7. The molecule has 0 bridgehead atoms. The van der Waals surface area contributed by atoms with Crippen molar-refractivity contribution < 1.29 is 34.1 Å². The Morgan fingerprint density at radius 3 is 1.43 bits per heavy atom. The Morgan fingerprint density at radius 2 is 0.934 bits per heavy atom. The predicted octanol–water partition coefficient (Wildman–Crippen LogP) is 25.0. The van der Waals surface area contributed by atoms with Gasteiger partial charge in [0.1, 0.15) is 5.76 Å². The average Bonchev–Trinajstić information content (AvgIpc) is 0.718. The van der Waals surface area contributed by atoms with Crippen LogP contribution in [0, 0.1) is 51.5 Å². The monoisotopic (exact) mass is 1430 g/mol. The normalized spacial score (nSPS) is 13.9. The fraction of sp³-hybridized carbons (Fsp3) is 0.417. The number of benzene rings is 8. The largest absolute Gasteiger partial charge is 0.512 e. The minimum Gasteiger partial charge on any atom is -0.512 e. The Hall–Kier alpha value is -5.82. The summed E-state index contributed by atoms with van der Waals surface area (Å²) < 4.78 is 26.3. The van der Waals surface area contributed by atoms with Gasteiger partial charge in [-0.15, -0.1) is 58.6 Å². The molecule has 0 saturated heterocycles. The van der Waals surface area contributed by atoms with Crippen molar-refractivity contribution in [3.8, 4) is 22.5 Å². The molecule has 1 N–H and O–H groups in total. The number of aryl methyl sites for hydroxylation is 1. The Morgan fingerprint density at radius 1 is 0.495 bits per heavy atom. The fourth-order valence-electron chi connectivity index (χ4n) is 14.1. The van der Waals surface area contributed by atoms with Gasteiger partial charge in [-0.3, -0.25) is 14.8 Å². The Labute approximate surface area is 571 Å². The third-order valence-corrected chi connectivity index (χ3v) is 21.5. The second-order valence-electron chi connectivity index (χ2n) is 30.7. The van der Waals surface area contributed by atoms with E-state index in [0.29, 0.717) is 6.17 Å². The van der Waals surface area contributed by atoms with Gasteiger partial charge in [0.2, 0.25) is 0 Å². The zero-order valence-electron chi connectivity index (χ0n) is 60.8. The van der Waals surface area contributed by atoms with E-state index < -0.39 is 0 Å². The molecule has 0 atom stereocenters. The molecule has 91 heavy (non-hydrogen) atoms. The molecule has 2 aromatic heterocycles. The van der Waals surface area contributed by atoms with E-state index in [-0.39, 0.29) is 76.4 Å². The van der Waals surface area contributed by atoms with Crippen LogP contribution in [0.3, 0.4) is 0 Å². The Bertz CT molecular complexity index is 4590. The molecule has 2 aliphatic rings.